The Morgan fingerprint density at radius 3 is 2.41 bits per heavy atom. The van der Waals surface area contributed by atoms with Gasteiger partial charge in [0.25, 0.3) is 0 Å². The largest absolute Gasteiger partial charge is 0.508 e. The first-order valence-electron chi connectivity index (χ1n) is 5.55. The van der Waals surface area contributed by atoms with Gasteiger partial charge in [-0.2, -0.15) is 12.6 Å². The number of carbonyl (C=O) groups is 1. The molecule has 2 N–H and O–H groups in total. The van der Waals surface area contributed by atoms with Crippen LogP contribution in [0.15, 0.2) is 12.1 Å². The number of rotatable bonds is 4. The lowest BCUT2D eigenvalue weighted by molar-refractivity contribution is -0.137. The molecule has 1 aromatic rings. The van der Waals surface area contributed by atoms with Crippen LogP contribution in [-0.4, -0.2) is 16.2 Å². The van der Waals surface area contributed by atoms with Crippen LogP contribution in [0.4, 0.5) is 0 Å². The molecule has 1 atom stereocenters. The van der Waals surface area contributed by atoms with E-state index in [-0.39, 0.29) is 12.2 Å². The van der Waals surface area contributed by atoms with Gasteiger partial charge in [-0.15, -0.1) is 0 Å². The number of phenolic OH excluding ortho intramolecular Hbond substituents is 1. The third-order valence-corrected chi connectivity index (χ3v) is 3.79. The molecular formula is C13H18O3S. The summed E-state index contributed by atoms with van der Waals surface area (Å²) < 4.78 is -0.686. The van der Waals surface area contributed by atoms with Crippen LogP contribution in [0.1, 0.15) is 36.5 Å². The molecule has 0 aliphatic heterocycles. The molecule has 1 unspecified atom stereocenters. The maximum Gasteiger partial charge on any atom is 0.305 e. The number of aryl methyl sites for hydroxylation is 2. The van der Waals surface area contributed by atoms with Gasteiger partial charge in [-0.3, -0.25) is 4.79 Å². The van der Waals surface area contributed by atoms with Crippen molar-refractivity contribution in [1.82, 2.24) is 0 Å². The van der Waals surface area contributed by atoms with Crippen molar-refractivity contribution in [2.24, 2.45) is 0 Å². The van der Waals surface area contributed by atoms with Crippen LogP contribution in [0, 0.1) is 13.8 Å². The molecule has 1 rings (SSSR count). The highest BCUT2D eigenvalue weighted by atomic mass is 32.1. The summed E-state index contributed by atoms with van der Waals surface area (Å²) >= 11 is 4.54. The Morgan fingerprint density at radius 1 is 1.35 bits per heavy atom. The first-order chi connectivity index (χ1) is 7.80. The van der Waals surface area contributed by atoms with Crippen LogP contribution < -0.4 is 0 Å². The summed E-state index contributed by atoms with van der Waals surface area (Å²) in [6.45, 7) is 5.57. The molecule has 0 fully saturated rings. The maximum atomic E-state index is 10.9. The second kappa shape index (κ2) is 5.00. The van der Waals surface area contributed by atoms with E-state index in [0.717, 1.165) is 16.7 Å². The monoisotopic (exact) mass is 254 g/mol. The Bertz CT molecular complexity index is 443. The summed E-state index contributed by atoms with van der Waals surface area (Å²) in [5.41, 5.74) is 2.48. The average molecular weight is 254 g/mol. The van der Waals surface area contributed by atoms with E-state index in [9.17, 15) is 9.90 Å². The molecule has 0 heterocycles. The first-order valence-corrected chi connectivity index (χ1v) is 5.99. The molecule has 4 heteroatoms. The molecule has 0 spiro atoms. The van der Waals surface area contributed by atoms with Crippen molar-refractivity contribution >= 4 is 18.6 Å². The third-order valence-electron chi connectivity index (χ3n) is 3.07. The molecule has 0 saturated carbocycles. The highest BCUT2D eigenvalue weighted by Gasteiger charge is 2.30. The fourth-order valence-corrected chi connectivity index (χ4v) is 2.34. The number of aliphatic carboxylic acids is 1. The van der Waals surface area contributed by atoms with E-state index < -0.39 is 10.7 Å². The first kappa shape index (κ1) is 13.9. The lowest BCUT2D eigenvalue weighted by atomic mass is 9.87. The predicted molar refractivity (Wildman–Crippen MR) is 70.8 cm³/mol. The number of hydrogen-bond donors (Lipinski definition) is 3. The molecule has 0 aliphatic rings. The van der Waals surface area contributed by atoms with E-state index >= 15 is 0 Å². The van der Waals surface area contributed by atoms with Crippen molar-refractivity contribution in [1.29, 1.82) is 0 Å². The van der Waals surface area contributed by atoms with Gasteiger partial charge in [-0.1, -0.05) is 13.0 Å². The number of phenols is 1. The van der Waals surface area contributed by atoms with Crippen LogP contribution in [0.3, 0.4) is 0 Å². The van der Waals surface area contributed by atoms with Gasteiger partial charge in [0.15, 0.2) is 0 Å². The number of carboxylic acid groups (broad SMARTS) is 1. The van der Waals surface area contributed by atoms with Crippen LogP contribution in [0.25, 0.3) is 0 Å². The highest BCUT2D eigenvalue weighted by molar-refractivity contribution is 7.81. The summed E-state index contributed by atoms with van der Waals surface area (Å²) in [4.78, 5) is 10.9. The Labute approximate surface area is 107 Å². The predicted octanol–water partition coefficient (Wildman–Crippen LogP) is 3.02. The van der Waals surface area contributed by atoms with Crippen LogP contribution in [0.5, 0.6) is 5.75 Å². The third kappa shape index (κ3) is 2.94. The molecule has 1 aromatic carbocycles. The van der Waals surface area contributed by atoms with Gasteiger partial charge >= 0.3 is 5.97 Å². The van der Waals surface area contributed by atoms with E-state index in [0.29, 0.717) is 6.42 Å². The van der Waals surface area contributed by atoms with Crippen molar-refractivity contribution in [3.63, 3.8) is 0 Å². The molecule has 0 aliphatic carbocycles. The minimum atomic E-state index is -0.869. The Kier molecular flexibility index (Phi) is 4.09. The van der Waals surface area contributed by atoms with Crippen LogP contribution >= 0.6 is 12.6 Å². The Morgan fingerprint density at radius 2 is 1.94 bits per heavy atom. The van der Waals surface area contributed by atoms with Gasteiger partial charge < -0.3 is 10.2 Å². The highest BCUT2D eigenvalue weighted by Crippen LogP contribution is 2.39. The maximum absolute atomic E-state index is 10.9. The molecule has 94 valence electrons. The quantitative estimate of drug-likeness (QED) is 0.724. The van der Waals surface area contributed by atoms with Crippen molar-refractivity contribution < 1.29 is 15.0 Å². The van der Waals surface area contributed by atoms with Gasteiger partial charge in [0.2, 0.25) is 0 Å². The zero-order valence-corrected chi connectivity index (χ0v) is 11.2. The molecule has 0 amide bonds. The van der Waals surface area contributed by atoms with Crippen LogP contribution in [0.2, 0.25) is 0 Å². The minimum Gasteiger partial charge on any atom is -0.508 e. The zero-order valence-electron chi connectivity index (χ0n) is 10.3. The van der Waals surface area contributed by atoms with Gasteiger partial charge in [0.1, 0.15) is 5.75 Å². The summed E-state index contributed by atoms with van der Waals surface area (Å²) in [5.74, 6) is -0.639. The SMILES string of the molecule is CCC(S)(CC(=O)O)c1cc(C)c(O)cc1C. The lowest BCUT2D eigenvalue weighted by Crippen LogP contribution is -2.23. The van der Waals surface area contributed by atoms with E-state index in [4.69, 9.17) is 5.11 Å². The smallest absolute Gasteiger partial charge is 0.305 e. The summed E-state index contributed by atoms with van der Waals surface area (Å²) in [6, 6.07) is 3.48. The van der Waals surface area contributed by atoms with Crippen LogP contribution in [-0.2, 0) is 9.54 Å². The number of thiol groups is 1. The van der Waals surface area contributed by atoms with Crippen molar-refractivity contribution in [3.05, 3.63) is 28.8 Å². The fraction of sp³-hybridized carbons (Fsp3) is 0.462. The summed E-state index contributed by atoms with van der Waals surface area (Å²) in [7, 11) is 0. The molecule has 0 aromatic heterocycles. The van der Waals surface area contributed by atoms with E-state index in [1.54, 1.807) is 13.0 Å². The Balaban J connectivity index is 3.29. The molecule has 17 heavy (non-hydrogen) atoms. The summed E-state index contributed by atoms with van der Waals surface area (Å²) in [5, 5.41) is 18.6. The van der Waals surface area contributed by atoms with Gasteiger partial charge in [0, 0.05) is 4.75 Å². The second-order valence-electron chi connectivity index (χ2n) is 4.41. The van der Waals surface area contributed by atoms with Crippen molar-refractivity contribution in [3.8, 4) is 5.75 Å². The molecule has 3 nitrogen and oxygen atoms in total. The van der Waals surface area contributed by atoms with Crippen molar-refractivity contribution in [2.45, 2.75) is 38.4 Å². The number of hydrogen-bond acceptors (Lipinski definition) is 3. The minimum absolute atomic E-state index is 0.0301. The van der Waals surface area contributed by atoms with Crippen molar-refractivity contribution in [2.75, 3.05) is 0 Å². The molecule has 0 bridgehead atoms. The van der Waals surface area contributed by atoms with E-state index in [1.165, 1.54) is 0 Å². The second-order valence-corrected chi connectivity index (χ2v) is 5.27. The number of aromatic hydroxyl groups is 1. The number of benzene rings is 1. The van der Waals surface area contributed by atoms with Gasteiger partial charge in [-0.25, -0.2) is 0 Å². The molecular weight excluding hydrogens is 236 g/mol. The standard InChI is InChI=1S/C13H18O3S/c1-4-13(17,7-12(15)16)10-5-9(3)11(14)6-8(10)2/h5-6,14,17H,4,7H2,1-3H3,(H,15,16). The zero-order chi connectivity index (χ0) is 13.2. The number of carboxylic acids is 1. The topological polar surface area (TPSA) is 57.5 Å². The summed E-state index contributed by atoms with van der Waals surface area (Å²) in [6.07, 6.45) is 0.588. The van der Waals surface area contributed by atoms with E-state index in [2.05, 4.69) is 12.6 Å². The van der Waals surface area contributed by atoms with E-state index in [1.807, 2.05) is 19.9 Å². The molecule has 0 saturated heterocycles. The fourth-order valence-electron chi connectivity index (χ4n) is 1.96. The van der Waals surface area contributed by atoms with Gasteiger partial charge in [0.05, 0.1) is 6.42 Å². The average Bonchev–Trinajstić information content (AvgIpc) is 2.22. The molecule has 0 radical (unpaired) electrons. The lowest BCUT2D eigenvalue weighted by Gasteiger charge is -2.28. The van der Waals surface area contributed by atoms with Gasteiger partial charge in [-0.05, 0) is 43.0 Å². The Hall–Kier alpha value is -1.16. The normalized spacial score (nSPS) is 14.4.